The van der Waals surface area contributed by atoms with Crippen molar-refractivity contribution in [1.29, 1.82) is 0 Å². The number of nitrogens with zero attached hydrogens (tertiary/aromatic N) is 2. The van der Waals surface area contributed by atoms with Crippen molar-refractivity contribution in [2.45, 2.75) is 25.1 Å². The highest BCUT2D eigenvalue weighted by atomic mass is 19.4. The number of para-hydroxylation sites is 1. The van der Waals surface area contributed by atoms with Crippen LogP contribution in [-0.2, 0) is 22.3 Å². The number of ether oxygens (including phenoxy) is 1. The monoisotopic (exact) mass is 553 g/mol. The SMILES string of the molecule is O=C(C[C@H](c1cccc(C(F)(F)F)c1)c1cn(Cc2ccc(F)cc2)c2ccccc12)NCCN1CCOCC1. The molecular formula is C31H31F4N3O2. The highest BCUT2D eigenvalue weighted by Gasteiger charge is 2.32. The maximum atomic E-state index is 13.6. The summed E-state index contributed by atoms with van der Waals surface area (Å²) < 4.78 is 61.8. The maximum absolute atomic E-state index is 13.6. The predicted molar refractivity (Wildman–Crippen MR) is 146 cm³/mol. The highest BCUT2D eigenvalue weighted by Crippen LogP contribution is 2.38. The zero-order valence-electron chi connectivity index (χ0n) is 22.0. The molecule has 1 N–H and O–H groups in total. The summed E-state index contributed by atoms with van der Waals surface area (Å²) in [7, 11) is 0. The first-order valence-electron chi connectivity index (χ1n) is 13.3. The van der Waals surface area contributed by atoms with Crippen molar-refractivity contribution in [3.63, 3.8) is 0 Å². The van der Waals surface area contributed by atoms with Crippen LogP contribution >= 0.6 is 0 Å². The van der Waals surface area contributed by atoms with E-state index < -0.39 is 17.7 Å². The molecular weight excluding hydrogens is 522 g/mol. The van der Waals surface area contributed by atoms with E-state index in [1.54, 1.807) is 18.2 Å². The Balaban J connectivity index is 1.46. The van der Waals surface area contributed by atoms with E-state index in [1.807, 2.05) is 35.0 Å². The minimum atomic E-state index is -4.50. The lowest BCUT2D eigenvalue weighted by Crippen LogP contribution is -2.41. The molecule has 0 bridgehead atoms. The van der Waals surface area contributed by atoms with Crippen LogP contribution in [0.2, 0.25) is 0 Å². The number of rotatable bonds is 9. The number of carbonyl (C=O) groups excluding carboxylic acids is 1. The molecule has 1 aromatic heterocycles. The topological polar surface area (TPSA) is 46.5 Å². The van der Waals surface area contributed by atoms with Gasteiger partial charge in [0.1, 0.15) is 5.82 Å². The molecule has 0 unspecified atom stereocenters. The van der Waals surface area contributed by atoms with E-state index in [0.717, 1.165) is 47.3 Å². The molecule has 3 aromatic carbocycles. The molecule has 0 saturated carbocycles. The van der Waals surface area contributed by atoms with E-state index >= 15 is 0 Å². The van der Waals surface area contributed by atoms with Crippen LogP contribution in [0.1, 0.15) is 34.6 Å². The van der Waals surface area contributed by atoms with Gasteiger partial charge in [-0.2, -0.15) is 13.2 Å². The van der Waals surface area contributed by atoms with Crippen LogP contribution in [0.15, 0.2) is 79.0 Å². The number of nitrogens with one attached hydrogen (secondary N) is 1. The van der Waals surface area contributed by atoms with Gasteiger partial charge in [-0.3, -0.25) is 9.69 Å². The zero-order chi connectivity index (χ0) is 28.1. The summed E-state index contributed by atoms with van der Waals surface area (Å²) in [5.74, 6) is -1.16. The average molecular weight is 554 g/mol. The lowest BCUT2D eigenvalue weighted by molar-refractivity contribution is -0.137. The number of benzene rings is 3. The van der Waals surface area contributed by atoms with Crippen molar-refractivity contribution < 1.29 is 27.1 Å². The van der Waals surface area contributed by atoms with Crippen molar-refractivity contribution >= 4 is 16.8 Å². The summed E-state index contributed by atoms with van der Waals surface area (Å²) in [6.45, 7) is 4.50. The molecule has 1 amide bonds. The lowest BCUT2D eigenvalue weighted by Gasteiger charge is -2.26. The second kappa shape index (κ2) is 12.2. The first kappa shape index (κ1) is 27.9. The Bertz CT molecular complexity index is 1440. The van der Waals surface area contributed by atoms with Crippen LogP contribution in [-0.4, -0.2) is 54.8 Å². The van der Waals surface area contributed by atoms with Crippen molar-refractivity contribution in [2.75, 3.05) is 39.4 Å². The van der Waals surface area contributed by atoms with Crippen LogP contribution in [0.25, 0.3) is 10.9 Å². The normalized spacial score (nSPS) is 15.3. The molecule has 1 fully saturated rings. The molecule has 0 aliphatic carbocycles. The Morgan fingerprint density at radius 2 is 1.73 bits per heavy atom. The number of hydrogen-bond acceptors (Lipinski definition) is 3. The first-order valence-corrected chi connectivity index (χ1v) is 13.3. The molecule has 5 rings (SSSR count). The predicted octanol–water partition coefficient (Wildman–Crippen LogP) is 5.82. The molecule has 9 heteroatoms. The molecule has 1 aliphatic rings. The quantitative estimate of drug-likeness (QED) is 0.266. The number of carbonyl (C=O) groups is 1. The Labute approximate surface area is 230 Å². The zero-order valence-corrected chi connectivity index (χ0v) is 22.0. The van der Waals surface area contributed by atoms with Crippen LogP contribution in [0, 0.1) is 5.82 Å². The minimum absolute atomic E-state index is 0.00498. The molecule has 1 aliphatic heterocycles. The second-order valence-corrected chi connectivity index (χ2v) is 10.0. The third kappa shape index (κ3) is 6.71. The van der Waals surface area contributed by atoms with E-state index in [-0.39, 0.29) is 18.1 Å². The van der Waals surface area contributed by atoms with Crippen LogP contribution in [0.5, 0.6) is 0 Å². The Morgan fingerprint density at radius 1 is 0.975 bits per heavy atom. The number of hydrogen-bond donors (Lipinski definition) is 1. The Hall–Kier alpha value is -3.69. The Morgan fingerprint density at radius 3 is 2.48 bits per heavy atom. The fraction of sp³-hybridized carbons (Fsp3) is 0.323. The largest absolute Gasteiger partial charge is 0.416 e. The summed E-state index contributed by atoms with van der Waals surface area (Å²) in [6, 6.07) is 19.0. The van der Waals surface area contributed by atoms with Gasteiger partial charge in [-0.15, -0.1) is 0 Å². The fourth-order valence-electron chi connectivity index (χ4n) is 5.25. The number of morpholine rings is 1. The van der Waals surface area contributed by atoms with Crippen molar-refractivity contribution in [1.82, 2.24) is 14.8 Å². The minimum Gasteiger partial charge on any atom is -0.379 e. The molecule has 2 heterocycles. The summed E-state index contributed by atoms with van der Waals surface area (Å²) >= 11 is 0. The van der Waals surface area contributed by atoms with Gasteiger partial charge in [0.25, 0.3) is 0 Å². The van der Waals surface area contributed by atoms with Gasteiger partial charge < -0.3 is 14.6 Å². The third-order valence-corrected chi connectivity index (χ3v) is 7.32. The smallest absolute Gasteiger partial charge is 0.379 e. The number of halogens is 4. The summed E-state index contributed by atoms with van der Waals surface area (Å²) in [5.41, 5.74) is 2.19. The maximum Gasteiger partial charge on any atom is 0.416 e. The lowest BCUT2D eigenvalue weighted by atomic mass is 9.87. The standard InChI is InChI=1S/C31H31F4N3O2/c32-25-10-8-22(9-11-25)20-38-21-28(26-6-1-2-7-29(26)38)27(23-4-3-5-24(18-23)31(33,34)35)19-30(39)36-12-13-37-14-16-40-17-15-37/h1-11,18,21,27H,12-17,19-20H2,(H,36,39)/t27-/m1/s1. The number of aromatic nitrogens is 1. The molecule has 4 aromatic rings. The van der Waals surface area contributed by atoms with Crippen LogP contribution < -0.4 is 5.32 Å². The molecule has 1 saturated heterocycles. The Kier molecular flexibility index (Phi) is 8.52. The molecule has 40 heavy (non-hydrogen) atoms. The molecule has 210 valence electrons. The van der Waals surface area contributed by atoms with Gasteiger partial charge in [0.05, 0.1) is 18.8 Å². The van der Waals surface area contributed by atoms with E-state index in [0.29, 0.717) is 38.4 Å². The highest BCUT2D eigenvalue weighted by molar-refractivity contribution is 5.86. The number of alkyl halides is 3. The van der Waals surface area contributed by atoms with E-state index in [2.05, 4.69) is 10.2 Å². The van der Waals surface area contributed by atoms with Gasteiger partial charge in [0, 0.05) is 62.2 Å². The van der Waals surface area contributed by atoms with Crippen molar-refractivity contribution in [3.05, 3.63) is 107 Å². The van der Waals surface area contributed by atoms with Gasteiger partial charge in [-0.25, -0.2) is 4.39 Å². The van der Waals surface area contributed by atoms with Gasteiger partial charge >= 0.3 is 6.18 Å². The molecule has 0 spiro atoms. The van der Waals surface area contributed by atoms with E-state index in [9.17, 15) is 22.4 Å². The average Bonchev–Trinajstić information content (AvgIpc) is 3.31. The molecule has 0 radical (unpaired) electrons. The van der Waals surface area contributed by atoms with Gasteiger partial charge in [0.2, 0.25) is 5.91 Å². The van der Waals surface area contributed by atoms with Crippen LogP contribution in [0.3, 0.4) is 0 Å². The van der Waals surface area contributed by atoms with Gasteiger partial charge in [-0.1, -0.05) is 48.5 Å². The van der Waals surface area contributed by atoms with Gasteiger partial charge in [0.15, 0.2) is 0 Å². The van der Waals surface area contributed by atoms with E-state index in [4.69, 9.17) is 4.74 Å². The summed E-state index contributed by atoms with van der Waals surface area (Å²) in [6.07, 6.45) is -2.60. The molecule has 5 nitrogen and oxygen atoms in total. The fourth-order valence-corrected chi connectivity index (χ4v) is 5.25. The van der Waals surface area contributed by atoms with Crippen LogP contribution in [0.4, 0.5) is 17.6 Å². The van der Waals surface area contributed by atoms with E-state index in [1.165, 1.54) is 18.2 Å². The first-order chi connectivity index (χ1) is 19.3. The summed E-state index contributed by atoms with van der Waals surface area (Å²) in [4.78, 5) is 15.4. The van der Waals surface area contributed by atoms with Crippen molar-refractivity contribution in [2.24, 2.45) is 0 Å². The number of fused-ring (bicyclic) bond motifs is 1. The third-order valence-electron chi connectivity index (χ3n) is 7.32. The number of amides is 1. The molecule has 1 atom stereocenters. The van der Waals surface area contributed by atoms with Crippen molar-refractivity contribution in [3.8, 4) is 0 Å². The summed E-state index contributed by atoms with van der Waals surface area (Å²) in [5, 5.41) is 3.81. The second-order valence-electron chi connectivity index (χ2n) is 10.0. The van der Waals surface area contributed by atoms with Gasteiger partial charge in [-0.05, 0) is 41.0 Å².